The van der Waals surface area contributed by atoms with Gasteiger partial charge in [-0.1, -0.05) is 0 Å². The van der Waals surface area contributed by atoms with Gasteiger partial charge in [-0.25, -0.2) is 9.59 Å². The summed E-state index contributed by atoms with van der Waals surface area (Å²) in [6.45, 7) is 3.08. The second-order valence-electron chi connectivity index (χ2n) is 5.85. The van der Waals surface area contributed by atoms with Crippen LogP contribution in [-0.4, -0.2) is 53.7 Å². The summed E-state index contributed by atoms with van der Waals surface area (Å²) in [4.78, 5) is 26.4. The first-order valence-electron chi connectivity index (χ1n) is 7.85. The van der Waals surface area contributed by atoms with Gasteiger partial charge in [-0.15, -0.1) is 0 Å². The molecule has 1 aromatic heterocycles. The van der Waals surface area contributed by atoms with Crippen molar-refractivity contribution < 1.29 is 19.1 Å². The van der Waals surface area contributed by atoms with Crippen molar-refractivity contribution in [1.82, 2.24) is 9.27 Å². The van der Waals surface area contributed by atoms with Gasteiger partial charge in [0.05, 0.1) is 24.9 Å². The van der Waals surface area contributed by atoms with Crippen LogP contribution in [0.25, 0.3) is 0 Å². The predicted molar refractivity (Wildman–Crippen MR) is 85.9 cm³/mol. The highest BCUT2D eigenvalue weighted by molar-refractivity contribution is 7.11. The van der Waals surface area contributed by atoms with Crippen LogP contribution in [-0.2, 0) is 9.47 Å². The average Bonchev–Trinajstić information content (AvgIpc) is 3.08. The number of methoxy groups -OCH3 is 1. The van der Waals surface area contributed by atoms with Crippen molar-refractivity contribution in [3.63, 3.8) is 0 Å². The molecule has 1 aliphatic heterocycles. The number of fused-ring (bicyclic) bond motifs is 1. The largest absolute Gasteiger partial charge is 0.465 e. The van der Waals surface area contributed by atoms with Crippen LogP contribution in [0.1, 0.15) is 41.7 Å². The maximum absolute atomic E-state index is 12.7. The molecule has 0 aromatic carbocycles. The Hall–Kier alpha value is -1.67. The van der Waals surface area contributed by atoms with E-state index in [1.165, 1.54) is 7.11 Å². The molecular weight excluding hydrogens is 318 g/mol. The average molecular weight is 339 g/mol. The van der Waals surface area contributed by atoms with E-state index in [2.05, 4.69) is 9.69 Å². The molecule has 1 saturated carbocycles. The molecule has 2 aliphatic rings. The number of hydrogen-bond donors (Lipinski definition) is 1. The number of anilines is 1. The number of urea groups is 1. The molecule has 8 heteroatoms. The van der Waals surface area contributed by atoms with E-state index in [1.54, 1.807) is 6.92 Å². The zero-order valence-corrected chi connectivity index (χ0v) is 14.1. The Morgan fingerprint density at radius 1 is 1.39 bits per heavy atom. The summed E-state index contributed by atoms with van der Waals surface area (Å²) in [5, 5.41) is 3.29. The molecule has 0 bridgehead atoms. The number of hydrogen-bond acceptors (Lipinski definition) is 6. The summed E-state index contributed by atoms with van der Waals surface area (Å²) in [6, 6.07) is -0.0747. The number of nitrogens with one attached hydrogen (secondary N) is 1. The Kier molecular flexibility index (Phi) is 4.82. The number of carbonyl (C=O) groups excluding carboxylic acids is 2. The molecule has 1 aliphatic carbocycles. The summed E-state index contributed by atoms with van der Waals surface area (Å²) < 4.78 is 14.8. The molecule has 1 saturated heterocycles. The van der Waals surface area contributed by atoms with Gasteiger partial charge in [0.15, 0.2) is 0 Å². The van der Waals surface area contributed by atoms with E-state index in [0.29, 0.717) is 29.4 Å². The smallest absolute Gasteiger partial charge is 0.342 e. The fourth-order valence-corrected chi connectivity index (χ4v) is 4.09. The van der Waals surface area contributed by atoms with E-state index in [-0.39, 0.29) is 18.2 Å². The summed E-state index contributed by atoms with van der Waals surface area (Å²) >= 11 is 1.10. The highest BCUT2D eigenvalue weighted by atomic mass is 32.1. The maximum Gasteiger partial charge on any atom is 0.342 e. The van der Waals surface area contributed by atoms with E-state index in [9.17, 15) is 9.59 Å². The molecule has 1 N–H and O–H groups in total. The van der Waals surface area contributed by atoms with E-state index in [1.807, 2.05) is 4.90 Å². The summed E-state index contributed by atoms with van der Waals surface area (Å²) in [5.74, 6) is -0.482. The van der Waals surface area contributed by atoms with Gasteiger partial charge < -0.3 is 14.4 Å². The van der Waals surface area contributed by atoms with Gasteiger partial charge in [0.25, 0.3) is 0 Å². The quantitative estimate of drug-likeness (QED) is 0.837. The Labute approximate surface area is 139 Å². The van der Waals surface area contributed by atoms with Gasteiger partial charge in [0, 0.05) is 13.2 Å². The number of ether oxygens (including phenoxy) is 2. The second-order valence-corrected chi connectivity index (χ2v) is 6.62. The lowest BCUT2D eigenvalue weighted by molar-refractivity contribution is 0.0413. The van der Waals surface area contributed by atoms with E-state index >= 15 is 0 Å². The van der Waals surface area contributed by atoms with Crippen molar-refractivity contribution in [1.29, 1.82) is 0 Å². The number of rotatable bonds is 2. The fourth-order valence-electron chi connectivity index (χ4n) is 3.31. The number of amides is 2. The minimum absolute atomic E-state index is 0.119. The lowest BCUT2D eigenvalue weighted by atomic mass is 10.2. The van der Waals surface area contributed by atoms with Crippen molar-refractivity contribution in [2.24, 2.45) is 0 Å². The number of nitrogens with zero attached hydrogens (tertiary/aromatic N) is 2. The molecule has 23 heavy (non-hydrogen) atoms. The van der Waals surface area contributed by atoms with E-state index in [4.69, 9.17) is 9.47 Å². The number of esters is 1. The summed E-state index contributed by atoms with van der Waals surface area (Å²) in [6.07, 6.45) is 4.00. The van der Waals surface area contributed by atoms with Crippen LogP contribution in [0, 0.1) is 6.92 Å². The minimum Gasteiger partial charge on any atom is -0.465 e. The van der Waals surface area contributed by atoms with Gasteiger partial charge in [-0.3, -0.25) is 5.32 Å². The molecule has 2 amide bonds. The molecule has 1 aromatic rings. The molecule has 0 radical (unpaired) electrons. The SMILES string of the molecule is COC(=O)c1c(C)nsc1NC(=O)N1CCCO[C@@H]2CCC[C@@H]21. The molecular formula is C15H21N3O4S. The first-order chi connectivity index (χ1) is 11.1. The first kappa shape index (κ1) is 16.2. The summed E-state index contributed by atoms with van der Waals surface area (Å²) in [7, 11) is 1.32. The normalized spacial score (nSPS) is 24.0. The zero-order valence-electron chi connectivity index (χ0n) is 13.3. The summed E-state index contributed by atoms with van der Waals surface area (Å²) in [5.41, 5.74) is 0.898. The van der Waals surface area contributed by atoms with Crippen molar-refractivity contribution in [3.05, 3.63) is 11.3 Å². The topological polar surface area (TPSA) is 80.8 Å². The van der Waals surface area contributed by atoms with Gasteiger partial charge in [0.1, 0.15) is 10.6 Å². The van der Waals surface area contributed by atoms with Gasteiger partial charge in [-0.05, 0) is 44.1 Å². The standard InChI is InChI=1S/C15H21N3O4S/c1-9-12(14(19)21-2)13(23-17-9)16-15(20)18-7-4-8-22-11-6-3-5-10(11)18/h10-11H,3-8H2,1-2H3,(H,16,20)/t10-,11+/m0/s1. The Morgan fingerprint density at radius 2 is 2.22 bits per heavy atom. The Bertz CT molecular complexity index is 604. The monoisotopic (exact) mass is 339 g/mol. The predicted octanol–water partition coefficient (Wildman–Crippen LogP) is 2.41. The lowest BCUT2D eigenvalue weighted by Crippen LogP contribution is -2.46. The van der Waals surface area contributed by atoms with Crippen molar-refractivity contribution in [3.8, 4) is 0 Å². The highest BCUT2D eigenvalue weighted by Gasteiger charge is 2.37. The highest BCUT2D eigenvalue weighted by Crippen LogP contribution is 2.31. The van der Waals surface area contributed by atoms with Crippen LogP contribution in [0.4, 0.5) is 9.80 Å². The number of aromatic nitrogens is 1. The molecule has 2 atom stereocenters. The Balaban J connectivity index is 1.77. The Morgan fingerprint density at radius 3 is 3.00 bits per heavy atom. The molecule has 0 unspecified atom stereocenters. The van der Waals surface area contributed by atoms with E-state index in [0.717, 1.165) is 37.2 Å². The van der Waals surface area contributed by atoms with Crippen LogP contribution in [0.2, 0.25) is 0 Å². The molecule has 2 fully saturated rings. The van der Waals surface area contributed by atoms with Crippen molar-refractivity contribution in [2.45, 2.75) is 44.8 Å². The third-order valence-corrected chi connectivity index (χ3v) is 5.28. The van der Waals surface area contributed by atoms with E-state index < -0.39 is 5.97 Å². The van der Waals surface area contributed by atoms with Crippen LogP contribution in [0.5, 0.6) is 0 Å². The second kappa shape index (κ2) is 6.84. The van der Waals surface area contributed by atoms with Crippen molar-refractivity contribution in [2.75, 3.05) is 25.6 Å². The van der Waals surface area contributed by atoms with Gasteiger partial charge in [0.2, 0.25) is 0 Å². The van der Waals surface area contributed by atoms with Crippen LogP contribution in [0.15, 0.2) is 0 Å². The molecule has 3 rings (SSSR count). The third kappa shape index (κ3) is 3.18. The van der Waals surface area contributed by atoms with Gasteiger partial charge >= 0.3 is 12.0 Å². The number of aryl methyl sites for hydroxylation is 1. The lowest BCUT2D eigenvalue weighted by Gasteiger charge is -2.29. The van der Waals surface area contributed by atoms with Gasteiger partial charge in [-0.2, -0.15) is 4.37 Å². The number of carbonyl (C=O) groups is 2. The zero-order chi connectivity index (χ0) is 16.4. The molecule has 7 nitrogen and oxygen atoms in total. The van der Waals surface area contributed by atoms with Crippen LogP contribution in [0.3, 0.4) is 0 Å². The third-order valence-electron chi connectivity index (χ3n) is 4.43. The first-order valence-corrected chi connectivity index (χ1v) is 8.63. The molecule has 2 heterocycles. The van der Waals surface area contributed by atoms with Crippen LogP contribution >= 0.6 is 11.5 Å². The molecule has 126 valence electrons. The molecule has 0 spiro atoms. The minimum atomic E-state index is -0.482. The van der Waals surface area contributed by atoms with Crippen LogP contribution < -0.4 is 5.32 Å². The fraction of sp³-hybridized carbons (Fsp3) is 0.667. The van der Waals surface area contributed by atoms with Crippen molar-refractivity contribution >= 4 is 28.5 Å². The maximum atomic E-state index is 12.7.